The van der Waals surface area contributed by atoms with Crippen LogP contribution in [0.5, 0.6) is 11.5 Å². The fourth-order valence-corrected chi connectivity index (χ4v) is 15.1. The largest absolute Gasteiger partial charge is 0.497 e. The summed E-state index contributed by atoms with van der Waals surface area (Å²) in [6.07, 6.45) is 1.69. The number of amides is 1. The van der Waals surface area contributed by atoms with Crippen LogP contribution in [0.4, 0.5) is 5.95 Å². The van der Waals surface area contributed by atoms with Gasteiger partial charge in [-0.3, -0.25) is 10.1 Å². The van der Waals surface area contributed by atoms with Crippen LogP contribution in [-0.4, -0.2) is 71.7 Å². The zero-order valence-electron chi connectivity index (χ0n) is 31.0. The van der Waals surface area contributed by atoms with Crippen molar-refractivity contribution in [2.24, 2.45) is 5.92 Å². The summed E-state index contributed by atoms with van der Waals surface area (Å²) in [7, 11) is -0.856. The standard InChI is InChI=1S/C39H46ClN5O6SSi/c1-25(2)35(46)44-38-42-33(40)32-34(43-38)45(23-41-32)36-30(51-37(47)29-19-18-26(48-6)22-31(29)49-7)20-21-52(36)24-50-53(39(3,4)5,27-14-10-8-11-15-27)28-16-12-9-13-17-28/h8-19,22-23,25,30,36,52H,20-21,24H2,1-7H3,(H,42,43,44,46)/t30-,36?/m1/s1. The molecule has 1 amide bonds. The lowest BCUT2D eigenvalue weighted by Gasteiger charge is -2.44. The monoisotopic (exact) mass is 775 g/mol. The number of carbonyl (C=O) groups excluding carboxylic acids is 2. The Bertz CT molecular complexity index is 2040. The van der Waals surface area contributed by atoms with Gasteiger partial charge in [0.25, 0.3) is 8.32 Å². The number of imidazole rings is 1. The van der Waals surface area contributed by atoms with E-state index in [9.17, 15) is 9.59 Å². The molecule has 14 heteroatoms. The molecule has 1 aliphatic heterocycles. The summed E-state index contributed by atoms with van der Waals surface area (Å²) in [4.78, 5) is 40.2. The molecule has 0 aliphatic carbocycles. The molecule has 2 aromatic heterocycles. The number of aromatic nitrogens is 4. The van der Waals surface area contributed by atoms with Crippen LogP contribution in [0.3, 0.4) is 0 Å². The number of carbonyl (C=O) groups is 2. The summed E-state index contributed by atoms with van der Waals surface area (Å²) < 4.78 is 26.6. The molecule has 3 aromatic carbocycles. The van der Waals surface area contributed by atoms with Crippen molar-refractivity contribution >= 4 is 70.2 Å². The average Bonchev–Trinajstić information content (AvgIpc) is 3.75. The maximum absolute atomic E-state index is 13.9. The number of fused-ring (bicyclic) bond motifs is 1. The molecule has 11 nitrogen and oxygen atoms in total. The molecule has 2 unspecified atom stereocenters. The van der Waals surface area contributed by atoms with Crippen molar-refractivity contribution in [2.75, 3.05) is 31.2 Å². The summed E-state index contributed by atoms with van der Waals surface area (Å²) >= 11 is 6.65. The predicted molar refractivity (Wildman–Crippen MR) is 214 cm³/mol. The summed E-state index contributed by atoms with van der Waals surface area (Å²) in [6.45, 7) is 10.3. The summed E-state index contributed by atoms with van der Waals surface area (Å²) in [5.74, 6) is 1.11. The van der Waals surface area contributed by atoms with Crippen LogP contribution in [0, 0.1) is 5.92 Å². The van der Waals surface area contributed by atoms with Crippen LogP contribution in [0.2, 0.25) is 10.2 Å². The molecule has 280 valence electrons. The van der Waals surface area contributed by atoms with Gasteiger partial charge >= 0.3 is 5.97 Å². The van der Waals surface area contributed by atoms with Crippen molar-refractivity contribution in [3.63, 3.8) is 0 Å². The van der Waals surface area contributed by atoms with Gasteiger partial charge in [-0.05, 0) is 39.7 Å². The maximum Gasteiger partial charge on any atom is 0.342 e. The number of methoxy groups -OCH3 is 2. The average molecular weight is 776 g/mol. The number of hydrogen-bond acceptors (Lipinski definition) is 9. The minimum absolute atomic E-state index is 0.0744. The van der Waals surface area contributed by atoms with Gasteiger partial charge in [0.2, 0.25) is 11.9 Å². The van der Waals surface area contributed by atoms with Gasteiger partial charge in [0.1, 0.15) is 34.1 Å². The predicted octanol–water partition coefficient (Wildman–Crippen LogP) is 6.75. The first kappa shape index (κ1) is 38.3. The van der Waals surface area contributed by atoms with Crippen LogP contribution in [0.1, 0.15) is 56.8 Å². The second-order valence-electron chi connectivity index (χ2n) is 14.3. The van der Waals surface area contributed by atoms with Crippen LogP contribution < -0.4 is 25.2 Å². The molecule has 0 radical (unpaired) electrons. The van der Waals surface area contributed by atoms with Gasteiger partial charge in [-0.1, -0.05) is 107 Å². The Morgan fingerprint density at radius 2 is 1.64 bits per heavy atom. The lowest BCUT2D eigenvalue weighted by atomic mass is 10.2. The van der Waals surface area contributed by atoms with Crippen LogP contribution >= 0.6 is 22.5 Å². The third-order valence-corrected chi connectivity index (χ3v) is 17.7. The summed E-state index contributed by atoms with van der Waals surface area (Å²) in [6, 6.07) is 26.0. The number of thiol groups is 1. The highest BCUT2D eigenvalue weighted by Gasteiger charge is 2.51. The van der Waals surface area contributed by atoms with E-state index in [2.05, 4.69) is 84.6 Å². The van der Waals surface area contributed by atoms with Gasteiger partial charge in [0, 0.05) is 12.0 Å². The molecule has 0 saturated carbocycles. The van der Waals surface area contributed by atoms with Crippen molar-refractivity contribution < 1.29 is 28.2 Å². The van der Waals surface area contributed by atoms with Gasteiger partial charge in [0.05, 0.1) is 26.5 Å². The highest BCUT2D eigenvalue weighted by molar-refractivity contribution is 8.17. The molecule has 1 N–H and O–H groups in total. The fourth-order valence-electron chi connectivity index (χ4n) is 6.92. The molecular weight excluding hydrogens is 730 g/mol. The molecule has 1 fully saturated rings. The number of esters is 1. The van der Waals surface area contributed by atoms with Gasteiger partial charge in [0.15, 0.2) is 10.8 Å². The van der Waals surface area contributed by atoms with E-state index in [4.69, 9.17) is 35.2 Å². The minimum atomic E-state index is -2.90. The second kappa shape index (κ2) is 15.9. The van der Waals surface area contributed by atoms with E-state index >= 15 is 0 Å². The second-order valence-corrected chi connectivity index (χ2v) is 21.3. The van der Waals surface area contributed by atoms with Gasteiger partial charge in [-0.25, -0.2) is 20.7 Å². The maximum atomic E-state index is 13.9. The third kappa shape index (κ3) is 7.66. The molecule has 1 saturated heterocycles. The van der Waals surface area contributed by atoms with Crippen LogP contribution in [0.25, 0.3) is 11.2 Å². The Hall–Kier alpha value is -4.43. The molecule has 6 rings (SSSR count). The summed E-state index contributed by atoms with van der Waals surface area (Å²) in [5.41, 5.74) is 1.09. The number of ether oxygens (including phenoxy) is 3. The first-order valence-electron chi connectivity index (χ1n) is 17.5. The third-order valence-electron chi connectivity index (χ3n) is 9.58. The van der Waals surface area contributed by atoms with Crippen molar-refractivity contribution in [3.8, 4) is 11.5 Å². The number of benzene rings is 3. The summed E-state index contributed by atoms with van der Waals surface area (Å²) in [5, 5.41) is 4.61. The molecular formula is C39H46ClN5O6SSi. The number of hydrogen-bond donors (Lipinski definition) is 2. The van der Waals surface area contributed by atoms with E-state index < -0.39 is 31.3 Å². The SMILES string of the molecule is COc1ccc(C(=O)O[C@@H]2CC[SH](CO[Si](c3ccccc3)(c3ccccc3)C(C)(C)C)C2n2cnc3c(Cl)nc(NC(=O)C(C)C)nc32)c(OC)c1. The topological polar surface area (TPSA) is 127 Å². The Labute approximate surface area is 318 Å². The Morgan fingerprint density at radius 1 is 0.981 bits per heavy atom. The highest BCUT2D eigenvalue weighted by Crippen LogP contribution is 2.53. The number of halogens is 1. The van der Waals surface area contributed by atoms with Gasteiger partial charge < -0.3 is 23.2 Å². The van der Waals surface area contributed by atoms with E-state index in [1.54, 1.807) is 45.5 Å². The lowest BCUT2D eigenvalue weighted by molar-refractivity contribution is -0.118. The van der Waals surface area contributed by atoms with E-state index in [1.807, 2.05) is 16.7 Å². The molecule has 53 heavy (non-hydrogen) atoms. The zero-order chi connectivity index (χ0) is 37.9. The van der Waals surface area contributed by atoms with Crippen molar-refractivity contribution in [1.82, 2.24) is 19.5 Å². The van der Waals surface area contributed by atoms with Crippen molar-refractivity contribution in [1.29, 1.82) is 0 Å². The lowest BCUT2D eigenvalue weighted by Crippen LogP contribution is -2.66. The first-order chi connectivity index (χ1) is 25.4. The quantitative estimate of drug-likeness (QED) is 0.0613. The van der Waals surface area contributed by atoms with Crippen LogP contribution in [0.15, 0.2) is 85.2 Å². The normalized spacial score (nSPS) is 18.2. The molecule has 5 aromatic rings. The fraction of sp³-hybridized carbons (Fsp3) is 0.359. The number of nitrogens with zero attached hydrogens (tertiary/aromatic N) is 4. The molecule has 3 heterocycles. The van der Waals surface area contributed by atoms with E-state index in [0.717, 1.165) is 5.75 Å². The number of anilines is 1. The highest BCUT2D eigenvalue weighted by atomic mass is 35.5. The van der Waals surface area contributed by atoms with E-state index in [0.29, 0.717) is 35.0 Å². The van der Waals surface area contributed by atoms with E-state index in [1.165, 1.54) is 17.5 Å². The van der Waals surface area contributed by atoms with Crippen molar-refractivity contribution in [3.05, 3.63) is 95.9 Å². The number of rotatable bonds is 12. The Morgan fingerprint density at radius 3 is 2.23 bits per heavy atom. The molecule has 0 bridgehead atoms. The molecule has 1 aliphatic rings. The smallest absolute Gasteiger partial charge is 0.342 e. The van der Waals surface area contributed by atoms with Gasteiger partial charge in [-0.2, -0.15) is 9.97 Å². The zero-order valence-corrected chi connectivity index (χ0v) is 33.7. The Balaban J connectivity index is 1.43. The minimum Gasteiger partial charge on any atom is -0.497 e. The Kier molecular flexibility index (Phi) is 11.5. The molecule has 0 spiro atoms. The first-order valence-corrected chi connectivity index (χ1v) is 21.6. The van der Waals surface area contributed by atoms with E-state index in [-0.39, 0.29) is 38.9 Å². The van der Waals surface area contributed by atoms with Gasteiger partial charge in [-0.15, -0.1) is 0 Å². The molecule has 3 atom stereocenters. The number of nitrogens with one attached hydrogen (secondary N) is 1. The van der Waals surface area contributed by atoms with Crippen molar-refractivity contribution in [2.45, 2.75) is 57.6 Å². The van der Waals surface area contributed by atoms with Crippen LogP contribution in [-0.2, 0) is 14.0 Å².